The largest absolute Gasteiger partial charge is 0.461 e. The molecule has 0 spiro atoms. The van der Waals surface area contributed by atoms with E-state index in [0.717, 1.165) is 11.3 Å². The number of carbonyl (C=O) groups is 1. The molecule has 82 valence electrons. The summed E-state index contributed by atoms with van der Waals surface area (Å²) in [5, 5.41) is 0. The van der Waals surface area contributed by atoms with Crippen LogP contribution >= 0.6 is 0 Å². The molecule has 1 unspecified atom stereocenters. The van der Waals surface area contributed by atoms with Gasteiger partial charge in [0, 0.05) is 6.20 Å². The van der Waals surface area contributed by atoms with Crippen molar-refractivity contribution >= 4 is 5.78 Å². The Kier molecular flexibility index (Phi) is 2.86. The summed E-state index contributed by atoms with van der Waals surface area (Å²) in [7, 11) is 0. The van der Waals surface area contributed by atoms with E-state index < -0.39 is 0 Å². The Balaban J connectivity index is 2.27. The van der Waals surface area contributed by atoms with Crippen LogP contribution in [-0.2, 0) is 0 Å². The molecule has 0 saturated heterocycles. The van der Waals surface area contributed by atoms with Crippen molar-refractivity contribution in [2.24, 2.45) is 0 Å². The van der Waals surface area contributed by atoms with E-state index in [1.54, 1.807) is 12.3 Å². The third-order valence-corrected chi connectivity index (χ3v) is 2.61. The Morgan fingerprint density at radius 3 is 2.75 bits per heavy atom. The topological polar surface area (TPSA) is 43.1 Å². The Morgan fingerprint density at radius 1 is 1.38 bits per heavy atom. The van der Waals surface area contributed by atoms with Crippen molar-refractivity contribution in [2.45, 2.75) is 19.8 Å². The zero-order valence-corrected chi connectivity index (χ0v) is 9.31. The number of aromatic nitrogens is 1. The molecule has 2 rings (SSSR count). The molecule has 0 radical (unpaired) electrons. The van der Waals surface area contributed by atoms with Crippen molar-refractivity contribution in [1.29, 1.82) is 0 Å². The van der Waals surface area contributed by atoms with Gasteiger partial charge in [0.1, 0.15) is 0 Å². The third-order valence-electron chi connectivity index (χ3n) is 2.61. The van der Waals surface area contributed by atoms with Crippen molar-refractivity contribution < 1.29 is 9.21 Å². The smallest absolute Gasteiger partial charge is 0.206 e. The second kappa shape index (κ2) is 4.31. The van der Waals surface area contributed by atoms with Gasteiger partial charge in [-0.25, -0.2) is 0 Å². The summed E-state index contributed by atoms with van der Waals surface area (Å²) in [4.78, 5) is 16.3. The monoisotopic (exact) mass is 215 g/mol. The van der Waals surface area contributed by atoms with Crippen LogP contribution in [0.25, 0.3) is 0 Å². The van der Waals surface area contributed by atoms with E-state index in [1.165, 1.54) is 6.26 Å². The second-order valence-corrected chi connectivity index (χ2v) is 3.77. The molecule has 2 aromatic rings. The van der Waals surface area contributed by atoms with Crippen LogP contribution in [0.5, 0.6) is 0 Å². The average Bonchev–Trinajstić information content (AvgIpc) is 2.75. The number of hydrogen-bond acceptors (Lipinski definition) is 3. The minimum atomic E-state index is -0.272. The number of Topliss-reactive ketones (excluding diaryl/α,β-unsaturated/α-hetero) is 1. The molecule has 3 heteroatoms. The van der Waals surface area contributed by atoms with Crippen LogP contribution in [0.3, 0.4) is 0 Å². The Morgan fingerprint density at radius 2 is 2.19 bits per heavy atom. The molecule has 3 nitrogen and oxygen atoms in total. The Hall–Kier alpha value is -1.90. The highest BCUT2D eigenvalue weighted by molar-refractivity contribution is 5.99. The molecule has 0 N–H and O–H groups in total. The summed E-state index contributed by atoms with van der Waals surface area (Å²) in [6.45, 7) is 3.70. The van der Waals surface area contributed by atoms with E-state index in [1.807, 2.05) is 32.0 Å². The van der Waals surface area contributed by atoms with Gasteiger partial charge < -0.3 is 4.42 Å². The molecule has 2 aromatic heterocycles. The molecular weight excluding hydrogens is 202 g/mol. The lowest BCUT2D eigenvalue weighted by Gasteiger charge is -2.08. The fraction of sp³-hybridized carbons (Fsp3) is 0.231. The van der Waals surface area contributed by atoms with Gasteiger partial charge >= 0.3 is 0 Å². The van der Waals surface area contributed by atoms with Crippen molar-refractivity contribution in [2.75, 3.05) is 0 Å². The lowest BCUT2D eigenvalue weighted by Crippen LogP contribution is -2.11. The van der Waals surface area contributed by atoms with Gasteiger partial charge in [0.15, 0.2) is 5.76 Å². The van der Waals surface area contributed by atoms with Crippen molar-refractivity contribution in [3.63, 3.8) is 0 Å². The average molecular weight is 215 g/mol. The first-order chi connectivity index (χ1) is 7.70. The number of furan rings is 1. The number of rotatable bonds is 3. The van der Waals surface area contributed by atoms with Gasteiger partial charge in [-0.2, -0.15) is 0 Å². The standard InChI is InChI=1S/C13H13NO2/c1-9-6-8-16-13(9)12(15)10(2)11-5-3-4-7-14-11/h3-8,10H,1-2H3. The van der Waals surface area contributed by atoms with Crippen molar-refractivity contribution in [3.8, 4) is 0 Å². The second-order valence-electron chi connectivity index (χ2n) is 3.77. The predicted molar refractivity (Wildman–Crippen MR) is 60.4 cm³/mol. The molecule has 0 aliphatic rings. The third kappa shape index (κ3) is 1.89. The highest BCUT2D eigenvalue weighted by atomic mass is 16.3. The molecule has 0 amide bonds. The fourth-order valence-electron chi connectivity index (χ4n) is 1.59. The number of hydrogen-bond donors (Lipinski definition) is 0. The van der Waals surface area contributed by atoms with Crippen LogP contribution < -0.4 is 0 Å². The van der Waals surface area contributed by atoms with Crippen LogP contribution in [0.4, 0.5) is 0 Å². The van der Waals surface area contributed by atoms with Crippen LogP contribution in [0, 0.1) is 6.92 Å². The summed E-state index contributed by atoms with van der Waals surface area (Å²) in [6.07, 6.45) is 3.22. The van der Waals surface area contributed by atoms with Crippen LogP contribution in [0.2, 0.25) is 0 Å². The molecule has 0 aromatic carbocycles. The molecule has 0 aliphatic carbocycles. The van der Waals surface area contributed by atoms with Gasteiger partial charge in [-0.15, -0.1) is 0 Å². The summed E-state index contributed by atoms with van der Waals surface area (Å²) in [5.41, 5.74) is 1.64. The van der Waals surface area contributed by atoms with Gasteiger partial charge in [0.05, 0.1) is 17.9 Å². The lowest BCUT2D eigenvalue weighted by atomic mass is 9.98. The van der Waals surface area contributed by atoms with E-state index >= 15 is 0 Å². The van der Waals surface area contributed by atoms with Gasteiger partial charge in [0.2, 0.25) is 5.78 Å². The molecule has 16 heavy (non-hydrogen) atoms. The first-order valence-electron chi connectivity index (χ1n) is 5.19. The van der Waals surface area contributed by atoms with Crippen LogP contribution in [0.15, 0.2) is 41.1 Å². The quantitative estimate of drug-likeness (QED) is 0.739. The Labute approximate surface area is 94.1 Å². The van der Waals surface area contributed by atoms with E-state index in [2.05, 4.69) is 4.98 Å². The molecule has 0 saturated carbocycles. The minimum Gasteiger partial charge on any atom is -0.461 e. The minimum absolute atomic E-state index is 0.0267. The molecular formula is C13H13NO2. The zero-order chi connectivity index (χ0) is 11.5. The predicted octanol–water partition coefficient (Wildman–Crippen LogP) is 2.97. The van der Waals surface area contributed by atoms with Gasteiger partial charge in [0.25, 0.3) is 0 Å². The molecule has 1 atom stereocenters. The first-order valence-corrected chi connectivity index (χ1v) is 5.19. The Bertz CT molecular complexity index is 488. The van der Waals surface area contributed by atoms with E-state index in [-0.39, 0.29) is 11.7 Å². The highest BCUT2D eigenvalue weighted by Crippen LogP contribution is 2.21. The summed E-state index contributed by atoms with van der Waals surface area (Å²) < 4.78 is 5.19. The first kappa shape index (κ1) is 10.6. The molecule has 0 bridgehead atoms. The maximum Gasteiger partial charge on any atom is 0.206 e. The number of carbonyl (C=O) groups excluding carboxylic acids is 1. The number of aryl methyl sites for hydroxylation is 1. The molecule has 2 heterocycles. The van der Waals surface area contributed by atoms with E-state index in [4.69, 9.17) is 4.42 Å². The van der Waals surface area contributed by atoms with Gasteiger partial charge in [-0.1, -0.05) is 6.07 Å². The van der Waals surface area contributed by atoms with Crippen LogP contribution in [0.1, 0.15) is 34.7 Å². The summed E-state index contributed by atoms with van der Waals surface area (Å²) >= 11 is 0. The van der Waals surface area contributed by atoms with Crippen LogP contribution in [-0.4, -0.2) is 10.8 Å². The van der Waals surface area contributed by atoms with E-state index in [9.17, 15) is 4.79 Å². The van der Waals surface area contributed by atoms with Crippen molar-refractivity contribution in [3.05, 3.63) is 53.7 Å². The van der Waals surface area contributed by atoms with E-state index in [0.29, 0.717) is 5.76 Å². The van der Waals surface area contributed by atoms with Crippen molar-refractivity contribution in [1.82, 2.24) is 4.98 Å². The van der Waals surface area contributed by atoms with Gasteiger partial charge in [-0.3, -0.25) is 9.78 Å². The maximum atomic E-state index is 12.1. The molecule has 0 aliphatic heterocycles. The molecule has 0 fully saturated rings. The summed E-state index contributed by atoms with van der Waals surface area (Å²) in [5.74, 6) is 0.130. The normalized spacial score (nSPS) is 12.4. The van der Waals surface area contributed by atoms with Gasteiger partial charge in [-0.05, 0) is 37.6 Å². The number of nitrogens with zero attached hydrogens (tertiary/aromatic N) is 1. The SMILES string of the molecule is Cc1ccoc1C(=O)C(C)c1ccccn1. The fourth-order valence-corrected chi connectivity index (χ4v) is 1.59. The number of ketones is 1. The zero-order valence-electron chi connectivity index (χ0n) is 9.31. The number of pyridine rings is 1. The highest BCUT2D eigenvalue weighted by Gasteiger charge is 2.22. The lowest BCUT2D eigenvalue weighted by molar-refractivity contribution is 0.0936. The maximum absolute atomic E-state index is 12.1. The summed E-state index contributed by atoms with van der Waals surface area (Å²) in [6, 6.07) is 7.35.